The van der Waals surface area contributed by atoms with Crippen molar-refractivity contribution in [1.82, 2.24) is 0 Å². The summed E-state index contributed by atoms with van der Waals surface area (Å²) in [6.45, 7) is 0. The van der Waals surface area contributed by atoms with Crippen LogP contribution in [0.1, 0.15) is 5.56 Å². The number of hydrogen-bond donors (Lipinski definition) is 0. The van der Waals surface area contributed by atoms with Crippen LogP contribution in [0.25, 0.3) is 0 Å². The molecule has 1 radical (unpaired) electrons. The molecule has 0 saturated carbocycles. The van der Waals surface area contributed by atoms with Crippen LogP contribution >= 0.6 is 0 Å². The van der Waals surface area contributed by atoms with E-state index in [0.717, 1.165) is 5.56 Å². The molecule has 0 fully saturated rings. The molecule has 0 aliphatic carbocycles. The Kier molecular flexibility index (Phi) is 4.10. The van der Waals surface area contributed by atoms with Crippen molar-refractivity contribution in [3.05, 3.63) is 66.2 Å². The third-order valence-electron chi connectivity index (χ3n) is 2.46. The summed E-state index contributed by atoms with van der Waals surface area (Å²) in [7, 11) is 0. The second kappa shape index (κ2) is 5.59. The SMILES string of the molecule is FC(F)(F)[Se](Cc1ccccc1)c1ccccc1. The molecule has 2 aromatic rings. The Balaban J connectivity index is 2.28. The summed E-state index contributed by atoms with van der Waals surface area (Å²) in [5.41, 5.74) is 0.753. The van der Waals surface area contributed by atoms with Gasteiger partial charge in [-0.2, -0.15) is 0 Å². The second-order valence-corrected chi connectivity index (χ2v) is 7.98. The van der Waals surface area contributed by atoms with E-state index in [2.05, 4.69) is 0 Å². The standard InChI is InChI=1S/C14H12F3Se/c15-14(16,17)18(13-9-5-2-6-10-13)11-12-7-3-1-4-8-12/h1-10H,11H2. The van der Waals surface area contributed by atoms with Crippen molar-refractivity contribution in [2.24, 2.45) is 0 Å². The molecule has 0 N–H and O–H groups in total. The summed E-state index contributed by atoms with van der Waals surface area (Å²) in [6, 6.07) is 17.1. The van der Waals surface area contributed by atoms with Crippen molar-refractivity contribution in [2.45, 2.75) is 10.4 Å². The molecule has 0 aromatic heterocycles. The van der Waals surface area contributed by atoms with E-state index in [0.29, 0.717) is 4.46 Å². The summed E-state index contributed by atoms with van der Waals surface area (Å²) in [5.74, 6) is 0. The molecule has 0 atom stereocenters. The molecule has 4 heteroatoms. The van der Waals surface area contributed by atoms with Gasteiger partial charge in [-0.3, -0.25) is 0 Å². The van der Waals surface area contributed by atoms with Gasteiger partial charge in [-0.15, -0.1) is 0 Å². The van der Waals surface area contributed by atoms with Gasteiger partial charge in [0.1, 0.15) is 0 Å². The van der Waals surface area contributed by atoms with Crippen LogP contribution in [-0.2, 0) is 5.32 Å². The zero-order valence-corrected chi connectivity index (χ0v) is 11.2. The van der Waals surface area contributed by atoms with Crippen LogP contribution in [0.5, 0.6) is 0 Å². The number of hydrogen-bond acceptors (Lipinski definition) is 0. The van der Waals surface area contributed by atoms with E-state index >= 15 is 0 Å². The molecule has 0 heterocycles. The maximum absolute atomic E-state index is 13.1. The molecule has 2 rings (SSSR count). The molecule has 0 aliphatic rings. The Morgan fingerprint density at radius 1 is 0.778 bits per heavy atom. The number of alkyl halides is 3. The minimum absolute atomic E-state index is 0.106. The van der Waals surface area contributed by atoms with Crippen molar-refractivity contribution >= 4 is 18.4 Å². The van der Waals surface area contributed by atoms with E-state index in [9.17, 15) is 13.2 Å². The molecular formula is C14H12F3Se. The van der Waals surface area contributed by atoms with Crippen molar-refractivity contribution in [3.8, 4) is 0 Å². The van der Waals surface area contributed by atoms with E-state index in [-0.39, 0.29) is 5.32 Å². The monoisotopic (exact) mass is 317 g/mol. The van der Waals surface area contributed by atoms with Gasteiger partial charge in [0.25, 0.3) is 0 Å². The molecule has 0 spiro atoms. The zero-order chi connectivity index (χ0) is 13.0. The Labute approximate surface area is 108 Å². The fourth-order valence-electron chi connectivity index (χ4n) is 1.62. The van der Waals surface area contributed by atoms with Gasteiger partial charge in [-0.25, -0.2) is 0 Å². The summed E-state index contributed by atoms with van der Waals surface area (Å²) < 4.78 is 39.9. The molecule has 18 heavy (non-hydrogen) atoms. The average molecular weight is 316 g/mol. The first kappa shape index (κ1) is 13.2. The van der Waals surface area contributed by atoms with Crippen molar-refractivity contribution in [3.63, 3.8) is 0 Å². The number of benzene rings is 2. The summed E-state index contributed by atoms with van der Waals surface area (Å²) >= 11 is -2.85. The summed E-state index contributed by atoms with van der Waals surface area (Å²) in [5, 5.41) is -3.99. The van der Waals surface area contributed by atoms with Crippen LogP contribution in [0, 0.1) is 0 Å². The summed E-state index contributed by atoms with van der Waals surface area (Å²) in [6.07, 6.45) is 0. The van der Waals surface area contributed by atoms with Gasteiger partial charge in [0.05, 0.1) is 0 Å². The van der Waals surface area contributed by atoms with Gasteiger partial charge < -0.3 is 0 Å². The molecule has 2 aromatic carbocycles. The van der Waals surface area contributed by atoms with Gasteiger partial charge in [-0.05, 0) is 0 Å². The second-order valence-electron chi connectivity index (χ2n) is 3.78. The van der Waals surface area contributed by atoms with E-state index in [1.807, 2.05) is 6.07 Å². The molecule has 0 saturated heterocycles. The van der Waals surface area contributed by atoms with E-state index in [1.54, 1.807) is 54.6 Å². The molecule has 95 valence electrons. The van der Waals surface area contributed by atoms with Gasteiger partial charge in [-0.1, -0.05) is 0 Å². The predicted molar refractivity (Wildman–Crippen MR) is 68.0 cm³/mol. The van der Waals surface area contributed by atoms with Crippen LogP contribution in [0.4, 0.5) is 13.2 Å². The van der Waals surface area contributed by atoms with Crippen LogP contribution in [-0.4, -0.2) is 19.0 Å². The third-order valence-corrected chi connectivity index (χ3v) is 6.70. The van der Waals surface area contributed by atoms with Crippen LogP contribution in [0.3, 0.4) is 0 Å². The Morgan fingerprint density at radius 3 is 1.78 bits per heavy atom. The van der Waals surface area contributed by atoms with Crippen molar-refractivity contribution in [2.75, 3.05) is 0 Å². The average Bonchev–Trinajstić information content (AvgIpc) is 2.37. The van der Waals surface area contributed by atoms with Crippen LogP contribution in [0.15, 0.2) is 60.7 Å². The van der Waals surface area contributed by atoms with Crippen molar-refractivity contribution < 1.29 is 13.2 Å². The first-order valence-corrected chi connectivity index (χ1v) is 8.36. The molecular weight excluding hydrogens is 304 g/mol. The number of halogens is 3. The zero-order valence-electron chi connectivity index (χ0n) is 9.52. The number of rotatable bonds is 3. The minimum atomic E-state index is -4.10. The fourth-order valence-corrected chi connectivity index (χ4v) is 5.00. The first-order chi connectivity index (χ1) is 8.57. The maximum atomic E-state index is 13.1. The topological polar surface area (TPSA) is 0 Å². The Morgan fingerprint density at radius 2 is 1.28 bits per heavy atom. The van der Waals surface area contributed by atoms with E-state index < -0.39 is 19.0 Å². The van der Waals surface area contributed by atoms with E-state index in [1.165, 1.54) is 0 Å². The molecule has 0 aliphatic heterocycles. The molecule has 0 unspecified atom stereocenters. The van der Waals surface area contributed by atoms with Crippen LogP contribution < -0.4 is 4.46 Å². The van der Waals surface area contributed by atoms with Crippen LogP contribution in [0.2, 0.25) is 0 Å². The molecule has 0 amide bonds. The molecule has 0 bridgehead atoms. The van der Waals surface area contributed by atoms with Crippen molar-refractivity contribution in [1.29, 1.82) is 0 Å². The summed E-state index contributed by atoms with van der Waals surface area (Å²) in [4.78, 5) is 0. The predicted octanol–water partition coefficient (Wildman–Crippen LogP) is 3.27. The Bertz CT molecular complexity index is 479. The van der Waals surface area contributed by atoms with Gasteiger partial charge in [0.15, 0.2) is 0 Å². The first-order valence-electron chi connectivity index (χ1n) is 5.44. The Hall–Kier alpha value is -1.25. The van der Waals surface area contributed by atoms with Gasteiger partial charge in [0.2, 0.25) is 0 Å². The van der Waals surface area contributed by atoms with Gasteiger partial charge >= 0.3 is 108 Å². The fraction of sp³-hybridized carbons (Fsp3) is 0.143. The normalized spacial score (nSPS) is 11.8. The quantitative estimate of drug-likeness (QED) is 0.763. The van der Waals surface area contributed by atoms with E-state index in [4.69, 9.17) is 0 Å². The van der Waals surface area contributed by atoms with Gasteiger partial charge in [0, 0.05) is 0 Å². The third kappa shape index (κ3) is 3.37. The molecule has 0 nitrogen and oxygen atoms in total.